The number of anilines is 2. The number of imide groups is 1. The fraction of sp³-hybridized carbons (Fsp3) is 0.120. The average molecular weight is 400 g/mol. The largest absolute Gasteiger partial charge is 0.339 e. The van der Waals surface area contributed by atoms with Gasteiger partial charge in [0.15, 0.2) is 0 Å². The van der Waals surface area contributed by atoms with Crippen LogP contribution in [0.2, 0.25) is 0 Å². The first kappa shape index (κ1) is 19.6. The van der Waals surface area contributed by atoms with Gasteiger partial charge >= 0.3 is 0 Å². The van der Waals surface area contributed by atoms with E-state index in [-0.39, 0.29) is 17.0 Å². The summed E-state index contributed by atoms with van der Waals surface area (Å²) in [6.45, 7) is 3.94. The van der Waals surface area contributed by atoms with Crippen molar-refractivity contribution in [3.63, 3.8) is 0 Å². The second-order valence-corrected chi connectivity index (χ2v) is 7.31. The summed E-state index contributed by atoms with van der Waals surface area (Å²) in [7, 11) is 1.74. The van der Waals surface area contributed by atoms with Crippen molar-refractivity contribution in [1.29, 1.82) is 0 Å². The van der Waals surface area contributed by atoms with Crippen molar-refractivity contribution in [3.8, 4) is 0 Å². The molecule has 0 N–H and O–H groups in total. The fourth-order valence-corrected chi connectivity index (χ4v) is 3.62. The molecule has 3 aromatic rings. The molecule has 0 saturated heterocycles. The van der Waals surface area contributed by atoms with Crippen LogP contribution in [0.5, 0.6) is 0 Å². The molecule has 4 nitrogen and oxygen atoms in total. The lowest BCUT2D eigenvalue weighted by Crippen LogP contribution is -2.34. The lowest BCUT2D eigenvalue weighted by molar-refractivity contribution is -0.120. The Bertz CT molecular complexity index is 1180. The van der Waals surface area contributed by atoms with Crippen molar-refractivity contribution in [2.45, 2.75) is 13.8 Å². The van der Waals surface area contributed by atoms with Gasteiger partial charge in [-0.25, -0.2) is 9.29 Å². The molecule has 1 heterocycles. The highest BCUT2D eigenvalue weighted by atomic mass is 19.1. The van der Waals surface area contributed by atoms with Gasteiger partial charge in [-0.3, -0.25) is 9.59 Å². The summed E-state index contributed by atoms with van der Waals surface area (Å²) < 4.78 is 14.5. The minimum Gasteiger partial charge on any atom is -0.339 e. The minimum absolute atomic E-state index is 0.0507. The van der Waals surface area contributed by atoms with E-state index in [9.17, 15) is 14.0 Å². The SMILES string of the molecule is Cc1ccc(C2=C(N(C)c3ccccc3)C(=O)N(c3ccccc3F)C2=O)cc1C. The molecule has 0 spiro atoms. The maximum absolute atomic E-state index is 14.5. The van der Waals surface area contributed by atoms with Gasteiger partial charge in [-0.15, -0.1) is 0 Å². The van der Waals surface area contributed by atoms with Gasteiger partial charge in [0.1, 0.15) is 11.5 Å². The number of carbonyl (C=O) groups excluding carboxylic acids is 2. The first-order valence-electron chi connectivity index (χ1n) is 9.64. The van der Waals surface area contributed by atoms with E-state index < -0.39 is 17.6 Å². The molecule has 0 aromatic heterocycles. The van der Waals surface area contributed by atoms with Crippen molar-refractivity contribution in [1.82, 2.24) is 0 Å². The maximum Gasteiger partial charge on any atom is 0.282 e. The van der Waals surface area contributed by atoms with Crippen molar-refractivity contribution in [2.24, 2.45) is 0 Å². The molecule has 0 radical (unpaired) electrons. The predicted octanol–water partition coefficient (Wildman–Crippen LogP) is 4.86. The number of halogens is 1. The molecule has 0 bridgehead atoms. The van der Waals surface area contributed by atoms with Crippen LogP contribution in [0, 0.1) is 19.7 Å². The number of para-hydroxylation sites is 2. The minimum atomic E-state index is -0.623. The molecular weight excluding hydrogens is 379 g/mol. The van der Waals surface area contributed by atoms with Gasteiger partial charge in [0, 0.05) is 12.7 Å². The number of amides is 2. The Morgan fingerprint density at radius 3 is 2.13 bits per heavy atom. The molecular formula is C25H21FN2O2. The van der Waals surface area contributed by atoms with E-state index in [2.05, 4.69) is 0 Å². The average Bonchev–Trinajstić information content (AvgIpc) is 3.01. The van der Waals surface area contributed by atoms with Crippen molar-refractivity contribution >= 4 is 28.8 Å². The van der Waals surface area contributed by atoms with E-state index in [1.54, 1.807) is 18.0 Å². The molecule has 5 heteroatoms. The van der Waals surface area contributed by atoms with E-state index in [0.29, 0.717) is 5.56 Å². The van der Waals surface area contributed by atoms with Crippen LogP contribution in [-0.2, 0) is 9.59 Å². The molecule has 2 amide bonds. The molecule has 150 valence electrons. The van der Waals surface area contributed by atoms with Crippen LogP contribution >= 0.6 is 0 Å². The zero-order valence-electron chi connectivity index (χ0n) is 17.0. The topological polar surface area (TPSA) is 40.6 Å². The summed E-state index contributed by atoms with van der Waals surface area (Å²) in [5, 5.41) is 0. The quantitative estimate of drug-likeness (QED) is 0.587. The van der Waals surface area contributed by atoms with Gasteiger partial charge in [-0.05, 0) is 54.8 Å². The number of rotatable bonds is 4. The lowest BCUT2D eigenvalue weighted by Gasteiger charge is -2.21. The van der Waals surface area contributed by atoms with Crippen molar-refractivity contribution in [2.75, 3.05) is 16.8 Å². The van der Waals surface area contributed by atoms with E-state index >= 15 is 0 Å². The zero-order chi connectivity index (χ0) is 21.4. The number of likely N-dealkylation sites (N-methyl/N-ethyl adjacent to an activating group) is 1. The van der Waals surface area contributed by atoms with Gasteiger partial charge in [0.25, 0.3) is 11.8 Å². The van der Waals surface area contributed by atoms with Crippen LogP contribution in [0.25, 0.3) is 5.57 Å². The third-order valence-electron chi connectivity index (χ3n) is 5.43. The smallest absolute Gasteiger partial charge is 0.282 e. The van der Waals surface area contributed by atoms with Gasteiger partial charge < -0.3 is 4.90 Å². The summed E-state index contributed by atoms with van der Waals surface area (Å²) in [6.07, 6.45) is 0. The molecule has 3 aromatic carbocycles. The Kier molecular flexibility index (Phi) is 4.96. The van der Waals surface area contributed by atoms with Crippen LogP contribution in [0.1, 0.15) is 16.7 Å². The second kappa shape index (κ2) is 7.59. The standard InChI is InChI=1S/C25H21FN2O2/c1-16-13-14-18(15-17(16)2)22-23(27(3)19-9-5-4-6-10-19)25(30)28(24(22)29)21-12-8-7-11-20(21)26/h4-15H,1-3H3. The van der Waals surface area contributed by atoms with E-state index in [4.69, 9.17) is 0 Å². The van der Waals surface area contributed by atoms with E-state index in [0.717, 1.165) is 21.7 Å². The Hall–Kier alpha value is -3.73. The second-order valence-electron chi connectivity index (χ2n) is 7.31. The number of benzene rings is 3. The number of carbonyl (C=O) groups is 2. The van der Waals surface area contributed by atoms with E-state index in [1.807, 2.05) is 62.4 Å². The molecule has 1 aliphatic heterocycles. The summed E-state index contributed by atoms with van der Waals surface area (Å²) in [4.78, 5) is 29.5. The number of aryl methyl sites for hydroxylation is 2. The highest BCUT2D eigenvalue weighted by Gasteiger charge is 2.43. The monoisotopic (exact) mass is 400 g/mol. The first-order chi connectivity index (χ1) is 14.4. The summed E-state index contributed by atoms with van der Waals surface area (Å²) in [5.74, 6) is -1.71. The number of nitrogens with zero attached hydrogens (tertiary/aromatic N) is 2. The fourth-order valence-electron chi connectivity index (χ4n) is 3.62. The van der Waals surface area contributed by atoms with Crippen molar-refractivity contribution < 1.29 is 14.0 Å². The van der Waals surface area contributed by atoms with Crippen molar-refractivity contribution in [3.05, 3.63) is 101 Å². The summed E-state index contributed by atoms with van der Waals surface area (Å²) in [6, 6.07) is 20.8. The molecule has 30 heavy (non-hydrogen) atoms. The third kappa shape index (κ3) is 3.18. The molecule has 0 aliphatic carbocycles. The van der Waals surface area contributed by atoms with E-state index in [1.165, 1.54) is 18.2 Å². The van der Waals surface area contributed by atoms with Crippen LogP contribution in [-0.4, -0.2) is 18.9 Å². The lowest BCUT2D eigenvalue weighted by atomic mass is 9.99. The molecule has 4 rings (SSSR count). The maximum atomic E-state index is 14.5. The van der Waals surface area contributed by atoms with Gasteiger partial charge in [-0.1, -0.05) is 48.5 Å². The predicted molar refractivity (Wildman–Crippen MR) is 117 cm³/mol. The summed E-state index contributed by atoms with van der Waals surface area (Å²) >= 11 is 0. The molecule has 0 atom stereocenters. The number of hydrogen-bond donors (Lipinski definition) is 0. The van der Waals surface area contributed by atoms with Gasteiger partial charge in [0.05, 0.1) is 11.3 Å². The highest BCUT2D eigenvalue weighted by Crippen LogP contribution is 2.37. The molecule has 0 fully saturated rings. The van der Waals surface area contributed by atoms with Crippen LogP contribution in [0.4, 0.5) is 15.8 Å². The van der Waals surface area contributed by atoms with Crippen LogP contribution in [0.3, 0.4) is 0 Å². The van der Waals surface area contributed by atoms with Crippen LogP contribution < -0.4 is 9.80 Å². The van der Waals surface area contributed by atoms with Crippen LogP contribution in [0.15, 0.2) is 78.5 Å². The molecule has 0 saturated carbocycles. The Morgan fingerprint density at radius 1 is 0.800 bits per heavy atom. The van der Waals surface area contributed by atoms with Gasteiger partial charge in [-0.2, -0.15) is 0 Å². The van der Waals surface area contributed by atoms with Gasteiger partial charge in [0.2, 0.25) is 0 Å². The normalized spacial score (nSPS) is 13.9. The first-order valence-corrected chi connectivity index (χ1v) is 9.64. The Balaban J connectivity index is 1.92. The summed E-state index contributed by atoms with van der Waals surface area (Å²) in [5.41, 5.74) is 3.91. The highest BCUT2D eigenvalue weighted by molar-refractivity contribution is 6.46. The number of hydrogen-bond acceptors (Lipinski definition) is 3. The zero-order valence-corrected chi connectivity index (χ0v) is 17.0. The Labute approximate surface area is 174 Å². The Morgan fingerprint density at radius 2 is 1.47 bits per heavy atom. The third-order valence-corrected chi connectivity index (χ3v) is 5.43. The molecule has 1 aliphatic rings. The molecule has 0 unspecified atom stereocenters.